The number of hydrogen-bond acceptors (Lipinski definition) is 4. The molecular weight excluding hydrogens is 370 g/mol. The van der Waals surface area contributed by atoms with E-state index in [1.54, 1.807) is 4.90 Å². The van der Waals surface area contributed by atoms with Crippen LogP contribution in [0.1, 0.15) is 33.6 Å². The summed E-state index contributed by atoms with van der Waals surface area (Å²) in [5, 5.41) is 3.04. The number of nitrogens with zero attached hydrogens (tertiary/aromatic N) is 2. The second kappa shape index (κ2) is 7.17. The minimum atomic E-state index is -0.882. The molecule has 0 aromatic heterocycles. The maximum Gasteiger partial charge on any atom is 0.261 e. The summed E-state index contributed by atoms with van der Waals surface area (Å²) >= 11 is 1.49. The highest BCUT2D eigenvalue weighted by Crippen LogP contribution is 2.56. The van der Waals surface area contributed by atoms with Crippen LogP contribution in [0.25, 0.3) is 0 Å². The molecule has 0 spiro atoms. The standard InChI is InChI=1S/C22H25N3O2S/c1-4-24(15(2)3)17-11-9-16(10-12-17)23-21(27)22-14-13-20(26)25(22)18-7-5-6-8-19(18)28-22/h5-12,15H,4,13-14H2,1-3H3,(H,23,27)/t22-/m0/s1. The van der Waals surface area contributed by atoms with E-state index in [1.807, 2.05) is 48.5 Å². The number of para-hydroxylation sites is 1. The van der Waals surface area contributed by atoms with Crippen molar-refractivity contribution in [1.29, 1.82) is 0 Å². The highest BCUT2D eigenvalue weighted by atomic mass is 32.2. The van der Waals surface area contributed by atoms with Crippen LogP contribution in [-0.2, 0) is 9.59 Å². The third-order valence-electron chi connectivity index (χ3n) is 5.45. The molecule has 4 rings (SSSR count). The summed E-state index contributed by atoms with van der Waals surface area (Å²) in [6.45, 7) is 7.39. The Bertz CT molecular complexity index is 912. The van der Waals surface area contributed by atoms with Crippen LogP contribution in [0, 0.1) is 0 Å². The van der Waals surface area contributed by atoms with Crippen molar-refractivity contribution >= 4 is 40.6 Å². The molecule has 2 amide bonds. The molecule has 146 valence electrons. The quantitative estimate of drug-likeness (QED) is 0.810. The lowest BCUT2D eigenvalue weighted by atomic mass is 10.1. The van der Waals surface area contributed by atoms with E-state index < -0.39 is 4.87 Å². The van der Waals surface area contributed by atoms with Crippen molar-refractivity contribution in [1.82, 2.24) is 0 Å². The summed E-state index contributed by atoms with van der Waals surface area (Å²) < 4.78 is 0. The molecule has 0 saturated carbocycles. The zero-order chi connectivity index (χ0) is 19.9. The first-order valence-corrected chi connectivity index (χ1v) is 10.6. The summed E-state index contributed by atoms with van der Waals surface area (Å²) in [4.78, 5) is 29.9. The molecule has 1 N–H and O–H groups in total. The van der Waals surface area contributed by atoms with Crippen LogP contribution < -0.4 is 15.1 Å². The molecule has 2 heterocycles. The number of amides is 2. The van der Waals surface area contributed by atoms with Gasteiger partial charge in [0.15, 0.2) is 4.87 Å². The third kappa shape index (κ3) is 2.96. The predicted octanol–water partition coefficient (Wildman–Crippen LogP) is 4.49. The van der Waals surface area contributed by atoms with E-state index in [-0.39, 0.29) is 11.8 Å². The molecule has 2 aliphatic rings. The van der Waals surface area contributed by atoms with Gasteiger partial charge in [-0.15, -0.1) is 0 Å². The van der Waals surface area contributed by atoms with Crippen LogP contribution in [0.3, 0.4) is 0 Å². The van der Waals surface area contributed by atoms with Crippen molar-refractivity contribution in [2.24, 2.45) is 0 Å². The molecule has 0 bridgehead atoms. The number of rotatable bonds is 5. The van der Waals surface area contributed by atoms with Gasteiger partial charge >= 0.3 is 0 Å². The van der Waals surface area contributed by atoms with Gasteiger partial charge in [-0.1, -0.05) is 23.9 Å². The minimum Gasteiger partial charge on any atom is -0.369 e. The SMILES string of the molecule is CCN(c1ccc(NC(=O)[C@@]23CCC(=O)N2c2ccccc2S3)cc1)C(C)C. The van der Waals surface area contributed by atoms with Gasteiger partial charge in [0.2, 0.25) is 5.91 Å². The lowest BCUT2D eigenvalue weighted by molar-refractivity contribution is -0.121. The fourth-order valence-corrected chi connectivity index (χ4v) is 5.52. The molecule has 2 aromatic carbocycles. The van der Waals surface area contributed by atoms with E-state index in [0.29, 0.717) is 18.9 Å². The largest absolute Gasteiger partial charge is 0.369 e. The van der Waals surface area contributed by atoms with Gasteiger partial charge in [-0.3, -0.25) is 14.5 Å². The van der Waals surface area contributed by atoms with Crippen LogP contribution in [0.15, 0.2) is 53.4 Å². The molecule has 1 atom stereocenters. The van der Waals surface area contributed by atoms with Crippen molar-refractivity contribution in [3.05, 3.63) is 48.5 Å². The monoisotopic (exact) mass is 395 g/mol. The summed E-state index contributed by atoms with van der Waals surface area (Å²) in [5.74, 6) is -0.123. The van der Waals surface area contributed by atoms with Crippen molar-refractivity contribution in [3.63, 3.8) is 0 Å². The smallest absolute Gasteiger partial charge is 0.261 e. The van der Waals surface area contributed by atoms with Gasteiger partial charge in [0.1, 0.15) is 0 Å². The van der Waals surface area contributed by atoms with Crippen LogP contribution in [0.4, 0.5) is 17.1 Å². The second-order valence-corrected chi connectivity index (χ2v) is 8.78. The number of thioether (sulfide) groups is 1. The van der Waals surface area contributed by atoms with Gasteiger partial charge in [0.25, 0.3) is 5.91 Å². The Balaban J connectivity index is 1.56. The Hall–Kier alpha value is -2.47. The van der Waals surface area contributed by atoms with Crippen molar-refractivity contribution in [2.75, 3.05) is 21.7 Å². The van der Waals surface area contributed by atoms with Crippen LogP contribution >= 0.6 is 11.8 Å². The topological polar surface area (TPSA) is 52.7 Å². The van der Waals surface area contributed by atoms with Crippen LogP contribution in [0.2, 0.25) is 0 Å². The van der Waals surface area contributed by atoms with E-state index in [2.05, 4.69) is 31.0 Å². The molecule has 5 nitrogen and oxygen atoms in total. The molecule has 6 heteroatoms. The predicted molar refractivity (Wildman–Crippen MR) is 115 cm³/mol. The first-order valence-electron chi connectivity index (χ1n) is 9.75. The van der Waals surface area contributed by atoms with Gasteiger partial charge in [-0.2, -0.15) is 0 Å². The number of anilines is 3. The average Bonchev–Trinajstić information content (AvgIpc) is 3.19. The molecule has 1 fully saturated rings. The van der Waals surface area contributed by atoms with Gasteiger partial charge in [-0.25, -0.2) is 0 Å². The molecule has 1 saturated heterocycles. The number of fused-ring (bicyclic) bond motifs is 3. The Labute approximate surface area is 170 Å². The maximum absolute atomic E-state index is 13.3. The Morgan fingerprint density at radius 1 is 1.21 bits per heavy atom. The minimum absolute atomic E-state index is 0.0125. The van der Waals surface area contributed by atoms with Crippen molar-refractivity contribution in [3.8, 4) is 0 Å². The second-order valence-electron chi connectivity index (χ2n) is 7.46. The van der Waals surface area contributed by atoms with Gasteiger partial charge < -0.3 is 10.2 Å². The average molecular weight is 396 g/mol. The molecule has 0 radical (unpaired) electrons. The fraction of sp³-hybridized carbons (Fsp3) is 0.364. The third-order valence-corrected chi connectivity index (χ3v) is 6.92. The Morgan fingerprint density at radius 2 is 1.93 bits per heavy atom. The molecule has 0 unspecified atom stereocenters. The summed E-state index contributed by atoms with van der Waals surface area (Å²) in [6, 6.07) is 16.1. The van der Waals surface area contributed by atoms with Gasteiger partial charge in [0.05, 0.1) is 5.69 Å². The number of benzene rings is 2. The molecule has 2 aromatic rings. The van der Waals surface area contributed by atoms with E-state index in [1.165, 1.54) is 11.8 Å². The highest BCUT2D eigenvalue weighted by molar-refractivity contribution is 8.02. The number of carbonyl (C=O) groups is 2. The molecule has 28 heavy (non-hydrogen) atoms. The normalized spacial score (nSPS) is 20.3. The summed E-state index contributed by atoms with van der Waals surface area (Å²) in [6.07, 6.45) is 0.916. The number of hydrogen-bond donors (Lipinski definition) is 1. The Morgan fingerprint density at radius 3 is 2.61 bits per heavy atom. The highest BCUT2D eigenvalue weighted by Gasteiger charge is 2.57. The van der Waals surface area contributed by atoms with E-state index in [4.69, 9.17) is 0 Å². The van der Waals surface area contributed by atoms with E-state index in [0.717, 1.165) is 28.5 Å². The maximum atomic E-state index is 13.3. The van der Waals surface area contributed by atoms with Crippen molar-refractivity contribution < 1.29 is 9.59 Å². The van der Waals surface area contributed by atoms with Crippen molar-refractivity contribution in [2.45, 2.75) is 49.4 Å². The zero-order valence-corrected chi connectivity index (χ0v) is 17.3. The van der Waals surface area contributed by atoms with E-state index in [9.17, 15) is 9.59 Å². The van der Waals surface area contributed by atoms with E-state index >= 15 is 0 Å². The first kappa shape index (κ1) is 18.9. The molecule has 2 aliphatic heterocycles. The number of nitrogens with one attached hydrogen (secondary N) is 1. The first-order chi connectivity index (χ1) is 13.5. The lowest BCUT2D eigenvalue weighted by Gasteiger charge is -2.30. The van der Waals surface area contributed by atoms with Crippen LogP contribution in [0.5, 0.6) is 0 Å². The Kier molecular flexibility index (Phi) is 4.83. The van der Waals surface area contributed by atoms with Gasteiger partial charge in [-0.05, 0) is 63.6 Å². The van der Waals surface area contributed by atoms with Crippen LogP contribution in [-0.4, -0.2) is 29.3 Å². The fourth-order valence-electron chi connectivity index (χ4n) is 4.11. The zero-order valence-electron chi connectivity index (χ0n) is 16.4. The molecule has 0 aliphatic carbocycles. The van der Waals surface area contributed by atoms with Gasteiger partial charge in [0, 0.05) is 35.3 Å². The number of carbonyl (C=O) groups excluding carboxylic acids is 2. The molecular formula is C22H25N3O2S. The summed E-state index contributed by atoms with van der Waals surface area (Å²) in [5.41, 5.74) is 2.73. The lowest BCUT2D eigenvalue weighted by Crippen LogP contribution is -2.49. The summed E-state index contributed by atoms with van der Waals surface area (Å²) in [7, 11) is 0.